The lowest BCUT2D eigenvalue weighted by atomic mass is 9.75. The van der Waals surface area contributed by atoms with Gasteiger partial charge in [-0.3, -0.25) is 0 Å². The van der Waals surface area contributed by atoms with Crippen LogP contribution < -0.4 is 15.8 Å². The molecule has 0 aromatic heterocycles. The Morgan fingerprint density at radius 3 is 2.56 bits per heavy atom. The second-order valence-electron chi connectivity index (χ2n) is 5.28. The first-order valence-corrected chi connectivity index (χ1v) is 6.42. The lowest BCUT2D eigenvalue weighted by Gasteiger charge is -2.47. The minimum atomic E-state index is 0.298. The molecule has 0 radical (unpaired) electrons. The van der Waals surface area contributed by atoms with Crippen LogP contribution in [0.2, 0.25) is 0 Å². The number of likely N-dealkylation sites (N-methyl/N-ethyl adjacent to an activating group) is 1. The zero-order valence-corrected chi connectivity index (χ0v) is 11.5. The van der Waals surface area contributed by atoms with Crippen molar-refractivity contribution in [1.82, 2.24) is 4.90 Å². The maximum absolute atomic E-state index is 6.01. The van der Waals surface area contributed by atoms with Gasteiger partial charge in [-0.1, -0.05) is 0 Å². The Hall–Kier alpha value is -1.42. The number of nitrogen functional groups attached to an aromatic ring is 1. The molecule has 1 saturated carbocycles. The summed E-state index contributed by atoms with van der Waals surface area (Å²) in [7, 11) is 5.95. The Kier molecular flexibility index (Phi) is 3.66. The first-order valence-electron chi connectivity index (χ1n) is 6.42. The Labute approximate surface area is 109 Å². The van der Waals surface area contributed by atoms with Gasteiger partial charge in [0.25, 0.3) is 0 Å². The van der Waals surface area contributed by atoms with Gasteiger partial charge < -0.3 is 20.7 Å². The summed E-state index contributed by atoms with van der Waals surface area (Å²) in [6.07, 6.45) is 3.82. The monoisotopic (exact) mass is 249 g/mol. The van der Waals surface area contributed by atoms with E-state index in [-0.39, 0.29) is 0 Å². The van der Waals surface area contributed by atoms with Crippen LogP contribution in [0.15, 0.2) is 18.2 Å². The van der Waals surface area contributed by atoms with E-state index in [2.05, 4.69) is 24.3 Å². The highest BCUT2D eigenvalue weighted by Gasteiger charge is 2.38. The van der Waals surface area contributed by atoms with Crippen LogP contribution in [0.1, 0.15) is 19.3 Å². The van der Waals surface area contributed by atoms with Crippen molar-refractivity contribution in [2.75, 3.05) is 38.8 Å². The maximum Gasteiger partial charge on any atom is 0.121 e. The maximum atomic E-state index is 6.01. The molecule has 1 aliphatic rings. The number of methoxy groups -OCH3 is 1. The summed E-state index contributed by atoms with van der Waals surface area (Å²) < 4.78 is 5.15. The van der Waals surface area contributed by atoms with Crippen molar-refractivity contribution in [2.45, 2.75) is 24.8 Å². The zero-order chi connectivity index (χ0) is 13.2. The SMILES string of the molecule is COc1ccc(NCC2(N(C)C)CCC2)c(N)c1. The van der Waals surface area contributed by atoms with Crippen molar-refractivity contribution in [2.24, 2.45) is 0 Å². The number of nitrogens with one attached hydrogen (secondary N) is 1. The van der Waals surface area contributed by atoms with E-state index in [0.29, 0.717) is 5.54 Å². The first-order chi connectivity index (χ1) is 8.57. The van der Waals surface area contributed by atoms with Crippen LogP contribution in [0.25, 0.3) is 0 Å². The highest BCUT2D eigenvalue weighted by atomic mass is 16.5. The molecular formula is C14H23N3O. The predicted molar refractivity (Wildman–Crippen MR) is 76.2 cm³/mol. The molecule has 1 aromatic rings. The van der Waals surface area contributed by atoms with Crippen molar-refractivity contribution >= 4 is 11.4 Å². The molecule has 0 atom stereocenters. The van der Waals surface area contributed by atoms with E-state index in [1.54, 1.807) is 7.11 Å². The van der Waals surface area contributed by atoms with Crippen LogP contribution in [0, 0.1) is 0 Å². The van der Waals surface area contributed by atoms with Gasteiger partial charge in [0.2, 0.25) is 0 Å². The van der Waals surface area contributed by atoms with Crippen molar-refractivity contribution in [3.8, 4) is 5.75 Å². The fourth-order valence-electron chi connectivity index (χ4n) is 2.46. The third kappa shape index (κ3) is 2.38. The molecule has 18 heavy (non-hydrogen) atoms. The van der Waals surface area contributed by atoms with Gasteiger partial charge in [-0.05, 0) is 45.5 Å². The molecule has 0 saturated heterocycles. The lowest BCUT2D eigenvalue weighted by Crippen LogP contribution is -2.54. The first kappa shape index (κ1) is 13.0. The van der Waals surface area contributed by atoms with Gasteiger partial charge in [0.15, 0.2) is 0 Å². The second-order valence-corrected chi connectivity index (χ2v) is 5.28. The van der Waals surface area contributed by atoms with E-state index in [0.717, 1.165) is 23.7 Å². The Morgan fingerprint density at radius 1 is 1.39 bits per heavy atom. The molecule has 4 heteroatoms. The highest BCUT2D eigenvalue weighted by Crippen LogP contribution is 2.36. The van der Waals surface area contributed by atoms with Crippen molar-refractivity contribution in [1.29, 1.82) is 0 Å². The topological polar surface area (TPSA) is 50.5 Å². The van der Waals surface area contributed by atoms with Crippen molar-refractivity contribution in [3.63, 3.8) is 0 Å². The Morgan fingerprint density at radius 2 is 2.11 bits per heavy atom. The summed E-state index contributed by atoms with van der Waals surface area (Å²) in [5, 5.41) is 3.47. The number of nitrogens with zero attached hydrogens (tertiary/aromatic N) is 1. The number of hydrogen-bond donors (Lipinski definition) is 2. The van der Waals surface area contributed by atoms with Gasteiger partial charge in [-0.25, -0.2) is 0 Å². The summed E-state index contributed by atoms with van der Waals surface area (Å²) in [5.74, 6) is 0.795. The lowest BCUT2D eigenvalue weighted by molar-refractivity contribution is 0.0739. The molecule has 0 heterocycles. The van der Waals surface area contributed by atoms with Crippen LogP contribution in [0.3, 0.4) is 0 Å². The summed E-state index contributed by atoms with van der Waals surface area (Å²) in [4.78, 5) is 2.32. The van der Waals surface area contributed by atoms with Crippen LogP contribution in [0.5, 0.6) is 5.75 Å². The fraction of sp³-hybridized carbons (Fsp3) is 0.571. The molecule has 1 aliphatic carbocycles. The minimum Gasteiger partial charge on any atom is -0.497 e. The van der Waals surface area contributed by atoms with Gasteiger partial charge in [0.1, 0.15) is 5.75 Å². The molecule has 4 nitrogen and oxygen atoms in total. The molecular weight excluding hydrogens is 226 g/mol. The fourth-order valence-corrected chi connectivity index (χ4v) is 2.46. The Bertz CT molecular complexity index is 414. The van der Waals surface area contributed by atoms with Gasteiger partial charge in [-0.2, -0.15) is 0 Å². The number of anilines is 2. The minimum absolute atomic E-state index is 0.298. The normalized spacial score (nSPS) is 17.3. The van der Waals surface area contributed by atoms with E-state index < -0.39 is 0 Å². The molecule has 0 amide bonds. The molecule has 2 rings (SSSR count). The van der Waals surface area contributed by atoms with Crippen molar-refractivity contribution in [3.05, 3.63) is 18.2 Å². The summed E-state index contributed by atoms with van der Waals surface area (Å²) >= 11 is 0. The smallest absolute Gasteiger partial charge is 0.121 e. The molecule has 1 aromatic carbocycles. The molecule has 1 fully saturated rings. The molecule has 100 valence electrons. The van der Waals surface area contributed by atoms with Crippen LogP contribution in [-0.2, 0) is 0 Å². The standard InChI is InChI=1S/C14H23N3O/c1-17(2)14(7-4-8-14)10-16-13-6-5-11(18-3)9-12(13)15/h5-6,9,16H,4,7-8,10,15H2,1-3H3. The third-order valence-corrected chi connectivity index (χ3v) is 4.10. The summed E-state index contributed by atoms with van der Waals surface area (Å²) in [5.41, 5.74) is 8.03. The van der Waals surface area contributed by atoms with Gasteiger partial charge in [0.05, 0.1) is 18.5 Å². The van der Waals surface area contributed by atoms with Crippen LogP contribution >= 0.6 is 0 Å². The molecule has 3 N–H and O–H groups in total. The number of ether oxygens (including phenoxy) is 1. The average Bonchev–Trinajstić information content (AvgIpc) is 2.28. The van der Waals surface area contributed by atoms with E-state index in [1.165, 1.54) is 19.3 Å². The third-order valence-electron chi connectivity index (χ3n) is 4.10. The highest BCUT2D eigenvalue weighted by molar-refractivity contribution is 5.68. The van der Waals surface area contributed by atoms with E-state index >= 15 is 0 Å². The van der Waals surface area contributed by atoms with Gasteiger partial charge in [-0.15, -0.1) is 0 Å². The van der Waals surface area contributed by atoms with Crippen molar-refractivity contribution < 1.29 is 4.74 Å². The molecule has 0 bridgehead atoms. The van der Waals surface area contributed by atoms with Gasteiger partial charge >= 0.3 is 0 Å². The number of hydrogen-bond acceptors (Lipinski definition) is 4. The number of benzene rings is 1. The zero-order valence-electron chi connectivity index (χ0n) is 11.5. The molecule has 0 unspecified atom stereocenters. The number of rotatable bonds is 5. The summed E-state index contributed by atoms with van der Waals surface area (Å²) in [6, 6.07) is 5.77. The molecule has 0 aliphatic heterocycles. The summed E-state index contributed by atoms with van der Waals surface area (Å²) in [6.45, 7) is 0.941. The van der Waals surface area contributed by atoms with Crippen LogP contribution in [-0.4, -0.2) is 38.2 Å². The van der Waals surface area contributed by atoms with E-state index in [4.69, 9.17) is 10.5 Å². The Balaban J connectivity index is 2.02. The quantitative estimate of drug-likeness (QED) is 0.785. The van der Waals surface area contributed by atoms with Gasteiger partial charge in [0, 0.05) is 18.2 Å². The second kappa shape index (κ2) is 5.06. The predicted octanol–water partition coefficient (Wildman–Crippen LogP) is 2.17. The number of nitrogens with two attached hydrogens (primary N) is 1. The molecule has 0 spiro atoms. The van der Waals surface area contributed by atoms with E-state index in [1.807, 2.05) is 18.2 Å². The van der Waals surface area contributed by atoms with Crippen LogP contribution in [0.4, 0.5) is 11.4 Å². The average molecular weight is 249 g/mol. The van der Waals surface area contributed by atoms with E-state index in [9.17, 15) is 0 Å². The largest absolute Gasteiger partial charge is 0.497 e.